The molecule has 0 aliphatic heterocycles. The van der Waals surface area contributed by atoms with Gasteiger partial charge in [-0.1, -0.05) is 6.08 Å². The molecular formula is C21H18F3N3O3. The van der Waals surface area contributed by atoms with Crippen LogP contribution in [0.4, 0.5) is 13.2 Å². The van der Waals surface area contributed by atoms with Gasteiger partial charge in [-0.15, -0.1) is 0 Å². The Bertz CT molecular complexity index is 1110. The number of benzene rings is 1. The molecule has 0 bridgehead atoms. The second kappa shape index (κ2) is 8.40. The van der Waals surface area contributed by atoms with Crippen LogP contribution in [0.15, 0.2) is 58.8 Å². The molecule has 9 heteroatoms. The number of hydrogen-bond acceptors (Lipinski definition) is 5. The molecule has 0 spiro atoms. The third kappa shape index (κ3) is 4.68. The molecule has 3 rings (SSSR count). The molecule has 1 aromatic carbocycles. The monoisotopic (exact) mass is 417 g/mol. The van der Waals surface area contributed by atoms with Gasteiger partial charge in [0.15, 0.2) is 11.2 Å². The summed E-state index contributed by atoms with van der Waals surface area (Å²) in [4.78, 5) is 20.7. The van der Waals surface area contributed by atoms with E-state index in [1.807, 2.05) is 0 Å². The van der Waals surface area contributed by atoms with Gasteiger partial charge in [-0.3, -0.25) is 4.79 Å². The maximum Gasteiger partial charge on any atom is 0.419 e. The van der Waals surface area contributed by atoms with E-state index in [9.17, 15) is 18.0 Å². The molecule has 0 atom stereocenters. The Balaban J connectivity index is 1.76. The number of carbonyl (C=O) groups excluding carboxylic acids is 1. The summed E-state index contributed by atoms with van der Waals surface area (Å²) in [6.45, 7) is 3.39. The Labute approximate surface area is 170 Å². The standard InChI is InChI=1S/C21H18F3N3O3/c1-12(20-27-18-17(30-20)5-4-10-25-18)6-7-13(2)26-19(28)14-8-9-16(29-3)15(11-14)21(22,23)24/h4-11H,1-3H3,(H,26,28)/b12-6+,13-7+. The fraction of sp³-hybridized carbons (Fsp3) is 0.190. The Morgan fingerprint density at radius 2 is 1.97 bits per heavy atom. The number of rotatable bonds is 5. The van der Waals surface area contributed by atoms with Gasteiger partial charge < -0.3 is 14.5 Å². The SMILES string of the molecule is COc1ccc(C(=O)N/C(C)=C/C=C(\C)c2nc3ncccc3o2)cc1C(F)(F)F. The normalized spacial score (nSPS) is 12.9. The second-order valence-corrected chi connectivity index (χ2v) is 6.41. The molecule has 6 nitrogen and oxygen atoms in total. The third-order valence-electron chi connectivity index (χ3n) is 4.16. The molecule has 2 heterocycles. The lowest BCUT2D eigenvalue weighted by atomic mass is 10.1. The van der Waals surface area contributed by atoms with E-state index in [1.165, 1.54) is 6.07 Å². The number of ether oxygens (including phenoxy) is 1. The molecule has 2 aromatic heterocycles. The van der Waals surface area contributed by atoms with Crippen molar-refractivity contribution in [3.63, 3.8) is 0 Å². The summed E-state index contributed by atoms with van der Waals surface area (Å²) in [7, 11) is 1.14. The molecule has 0 saturated heterocycles. The molecule has 0 saturated carbocycles. The van der Waals surface area contributed by atoms with Gasteiger partial charge in [0.25, 0.3) is 5.91 Å². The quantitative estimate of drug-likeness (QED) is 0.592. The summed E-state index contributed by atoms with van der Waals surface area (Å²) in [5.74, 6) is -0.643. The lowest BCUT2D eigenvalue weighted by Crippen LogP contribution is -2.22. The number of allylic oxidation sites excluding steroid dienone is 4. The molecule has 1 amide bonds. The molecule has 0 unspecified atom stereocenters. The first kappa shape index (κ1) is 21.1. The number of nitrogens with zero attached hydrogens (tertiary/aromatic N) is 2. The highest BCUT2D eigenvalue weighted by Gasteiger charge is 2.35. The van der Waals surface area contributed by atoms with Crippen molar-refractivity contribution >= 4 is 22.7 Å². The minimum atomic E-state index is -4.64. The highest BCUT2D eigenvalue weighted by Crippen LogP contribution is 2.36. The van der Waals surface area contributed by atoms with Crippen LogP contribution in [0.5, 0.6) is 5.75 Å². The topological polar surface area (TPSA) is 77.2 Å². The van der Waals surface area contributed by atoms with Gasteiger partial charge in [-0.25, -0.2) is 4.98 Å². The predicted molar refractivity (Wildman–Crippen MR) is 105 cm³/mol. The second-order valence-electron chi connectivity index (χ2n) is 6.41. The molecular weight excluding hydrogens is 399 g/mol. The number of hydrogen-bond donors (Lipinski definition) is 1. The average Bonchev–Trinajstić information content (AvgIpc) is 3.15. The van der Waals surface area contributed by atoms with Crippen LogP contribution in [0.3, 0.4) is 0 Å². The number of amides is 1. The molecule has 3 aromatic rings. The van der Waals surface area contributed by atoms with Gasteiger partial charge in [0.2, 0.25) is 5.89 Å². The van der Waals surface area contributed by atoms with E-state index in [0.29, 0.717) is 28.4 Å². The van der Waals surface area contributed by atoms with Gasteiger partial charge in [0, 0.05) is 23.0 Å². The van der Waals surface area contributed by atoms with Gasteiger partial charge >= 0.3 is 6.18 Å². The Hall–Kier alpha value is -3.62. The Morgan fingerprint density at radius 1 is 1.20 bits per heavy atom. The highest BCUT2D eigenvalue weighted by atomic mass is 19.4. The van der Waals surface area contributed by atoms with Crippen LogP contribution in [0.25, 0.3) is 16.8 Å². The van der Waals surface area contributed by atoms with Crippen molar-refractivity contribution in [2.45, 2.75) is 20.0 Å². The summed E-state index contributed by atoms with van der Waals surface area (Å²) in [6.07, 6.45) is 0.247. The van der Waals surface area contributed by atoms with Crippen LogP contribution >= 0.6 is 0 Å². The molecule has 0 aliphatic carbocycles. The van der Waals surface area contributed by atoms with Crippen molar-refractivity contribution in [3.8, 4) is 5.75 Å². The fourth-order valence-electron chi connectivity index (χ4n) is 2.62. The van der Waals surface area contributed by atoms with E-state index in [2.05, 4.69) is 15.3 Å². The lowest BCUT2D eigenvalue weighted by Gasteiger charge is -2.13. The summed E-state index contributed by atoms with van der Waals surface area (Å²) >= 11 is 0. The van der Waals surface area contributed by atoms with Crippen molar-refractivity contribution in [2.24, 2.45) is 0 Å². The number of oxazole rings is 1. The van der Waals surface area contributed by atoms with Crippen molar-refractivity contribution < 1.29 is 27.1 Å². The number of aromatic nitrogens is 2. The van der Waals surface area contributed by atoms with E-state index in [-0.39, 0.29) is 11.3 Å². The van der Waals surface area contributed by atoms with E-state index < -0.39 is 17.6 Å². The molecule has 156 valence electrons. The van der Waals surface area contributed by atoms with Crippen LogP contribution < -0.4 is 10.1 Å². The third-order valence-corrected chi connectivity index (χ3v) is 4.16. The van der Waals surface area contributed by atoms with E-state index in [1.54, 1.807) is 44.3 Å². The molecule has 0 radical (unpaired) electrons. The Kier molecular flexibility index (Phi) is 5.91. The molecule has 30 heavy (non-hydrogen) atoms. The maximum absolute atomic E-state index is 13.1. The van der Waals surface area contributed by atoms with Crippen molar-refractivity contribution in [1.82, 2.24) is 15.3 Å². The number of methoxy groups -OCH3 is 1. The minimum absolute atomic E-state index is 0.137. The maximum atomic E-state index is 13.1. The molecule has 0 aliphatic rings. The minimum Gasteiger partial charge on any atom is -0.496 e. The first-order chi connectivity index (χ1) is 14.2. The zero-order valence-electron chi connectivity index (χ0n) is 16.4. The van der Waals surface area contributed by atoms with Crippen LogP contribution in [0, 0.1) is 0 Å². The number of nitrogens with one attached hydrogen (secondary N) is 1. The number of alkyl halides is 3. The average molecular weight is 417 g/mol. The van der Waals surface area contributed by atoms with Crippen LogP contribution in [-0.2, 0) is 6.18 Å². The summed E-state index contributed by atoms with van der Waals surface area (Å²) in [6, 6.07) is 6.62. The summed E-state index contributed by atoms with van der Waals surface area (Å²) in [5.41, 5.74) is 0.994. The van der Waals surface area contributed by atoms with Gasteiger partial charge in [0.1, 0.15) is 5.75 Å². The Morgan fingerprint density at radius 3 is 2.63 bits per heavy atom. The number of fused-ring (bicyclic) bond motifs is 1. The molecule has 1 N–H and O–H groups in total. The number of halogens is 3. The lowest BCUT2D eigenvalue weighted by molar-refractivity contribution is -0.138. The predicted octanol–water partition coefficient (Wildman–Crippen LogP) is 4.99. The smallest absolute Gasteiger partial charge is 0.419 e. The van der Waals surface area contributed by atoms with Crippen molar-refractivity contribution in [3.05, 3.63) is 71.4 Å². The largest absolute Gasteiger partial charge is 0.496 e. The number of carbonyl (C=O) groups is 1. The summed E-state index contributed by atoms with van der Waals surface area (Å²) in [5, 5.41) is 2.55. The van der Waals surface area contributed by atoms with Crippen LogP contribution in [0.2, 0.25) is 0 Å². The van der Waals surface area contributed by atoms with Crippen molar-refractivity contribution in [2.75, 3.05) is 7.11 Å². The van der Waals surface area contributed by atoms with E-state index in [4.69, 9.17) is 9.15 Å². The molecule has 0 fully saturated rings. The van der Waals surface area contributed by atoms with Crippen LogP contribution in [0.1, 0.15) is 35.7 Å². The van der Waals surface area contributed by atoms with Gasteiger partial charge in [-0.2, -0.15) is 18.2 Å². The fourth-order valence-corrected chi connectivity index (χ4v) is 2.62. The zero-order valence-corrected chi connectivity index (χ0v) is 16.4. The van der Waals surface area contributed by atoms with E-state index >= 15 is 0 Å². The first-order valence-corrected chi connectivity index (χ1v) is 8.82. The van der Waals surface area contributed by atoms with E-state index in [0.717, 1.165) is 19.2 Å². The van der Waals surface area contributed by atoms with Crippen LogP contribution in [-0.4, -0.2) is 23.0 Å². The van der Waals surface area contributed by atoms with Gasteiger partial charge in [0.05, 0.1) is 12.7 Å². The highest BCUT2D eigenvalue weighted by molar-refractivity contribution is 5.95. The zero-order chi connectivity index (χ0) is 21.9. The van der Waals surface area contributed by atoms with Crippen molar-refractivity contribution in [1.29, 1.82) is 0 Å². The number of pyridine rings is 1. The first-order valence-electron chi connectivity index (χ1n) is 8.82. The van der Waals surface area contributed by atoms with Gasteiger partial charge in [-0.05, 0) is 50.3 Å². The summed E-state index contributed by atoms with van der Waals surface area (Å²) < 4.78 is 49.7.